The van der Waals surface area contributed by atoms with Gasteiger partial charge in [-0.05, 0) is 96.0 Å². The number of likely N-dealkylation sites (tertiary alicyclic amines) is 2. The van der Waals surface area contributed by atoms with Crippen molar-refractivity contribution in [3.05, 3.63) is 53.5 Å². The van der Waals surface area contributed by atoms with Crippen molar-refractivity contribution in [1.82, 2.24) is 29.7 Å². The summed E-state index contributed by atoms with van der Waals surface area (Å²) in [5.41, 5.74) is 1.44. The van der Waals surface area contributed by atoms with Gasteiger partial charge in [0.05, 0.1) is 22.8 Å². The highest BCUT2D eigenvalue weighted by atomic mass is 19.1. The van der Waals surface area contributed by atoms with Gasteiger partial charge in [-0.3, -0.25) is 14.5 Å². The van der Waals surface area contributed by atoms with Gasteiger partial charge in [-0.15, -0.1) is 0 Å². The van der Waals surface area contributed by atoms with E-state index in [-0.39, 0.29) is 23.4 Å². The normalized spacial score (nSPS) is 26.0. The van der Waals surface area contributed by atoms with E-state index in [0.717, 1.165) is 88.7 Å². The van der Waals surface area contributed by atoms with Gasteiger partial charge in [0.2, 0.25) is 17.4 Å². The number of pyridine rings is 1. The van der Waals surface area contributed by atoms with E-state index < -0.39 is 17.3 Å². The van der Waals surface area contributed by atoms with Gasteiger partial charge < -0.3 is 29.6 Å². The van der Waals surface area contributed by atoms with Crippen molar-refractivity contribution in [1.29, 1.82) is 0 Å². The summed E-state index contributed by atoms with van der Waals surface area (Å²) in [6.07, 6.45) is 7.74. The van der Waals surface area contributed by atoms with Crippen LogP contribution in [0.4, 0.5) is 4.39 Å². The van der Waals surface area contributed by atoms with Crippen LogP contribution in [0.5, 0.6) is 5.88 Å². The lowest BCUT2D eigenvalue weighted by Crippen LogP contribution is -2.49. The number of imidazole rings is 1. The maximum atomic E-state index is 13.9. The molecule has 0 spiro atoms. The molecule has 1 saturated carbocycles. The van der Waals surface area contributed by atoms with Crippen molar-refractivity contribution in [2.75, 3.05) is 39.3 Å². The molecule has 252 valence electrons. The monoisotopic (exact) mass is 647 g/mol. The van der Waals surface area contributed by atoms with Gasteiger partial charge >= 0.3 is 0 Å². The lowest BCUT2D eigenvalue weighted by molar-refractivity contribution is -0.138. The van der Waals surface area contributed by atoms with Crippen LogP contribution in [0.25, 0.3) is 11.0 Å². The molecule has 5 heterocycles. The maximum absolute atomic E-state index is 13.9. The number of hydrogen-bond acceptors (Lipinski definition) is 7. The second-order valence-corrected chi connectivity index (χ2v) is 14.4. The number of H-pyrrole nitrogens is 1. The molecule has 12 heteroatoms. The number of aromatic nitrogens is 3. The van der Waals surface area contributed by atoms with Crippen LogP contribution in [0, 0.1) is 17.7 Å². The Morgan fingerprint density at radius 3 is 2.57 bits per heavy atom. The summed E-state index contributed by atoms with van der Waals surface area (Å²) in [6.45, 7) is 8.57. The average Bonchev–Trinajstić information content (AvgIpc) is 3.79. The maximum Gasteiger partial charge on any atom is 0.280 e. The Kier molecular flexibility index (Phi) is 8.92. The van der Waals surface area contributed by atoms with E-state index >= 15 is 0 Å². The van der Waals surface area contributed by atoms with E-state index in [1.54, 1.807) is 12.3 Å². The summed E-state index contributed by atoms with van der Waals surface area (Å²) < 4.78 is 22.1. The number of hydrogen-bond donors (Lipinski definition) is 3. The van der Waals surface area contributed by atoms with Crippen molar-refractivity contribution in [2.24, 2.45) is 16.8 Å². The number of nitrogens with one attached hydrogen (secondary N) is 2. The van der Waals surface area contributed by atoms with Gasteiger partial charge in [0.25, 0.3) is 5.91 Å². The quantitative estimate of drug-likeness (QED) is 0.342. The molecule has 3 saturated heterocycles. The number of nitrogens with zero attached hydrogens (tertiary/aromatic N) is 5. The van der Waals surface area contributed by atoms with Gasteiger partial charge in [0, 0.05) is 55.3 Å². The Labute approximate surface area is 274 Å². The van der Waals surface area contributed by atoms with E-state index in [4.69, 9.17) is 4.74 Å². The lowest BCUT2D eigenvalue weighted by Gasteiger charge is -2.37. The molecule has 7 rings (SSSR count). The number of piperidine rings is 1. The molecule has 4 aliphatic rings. The van der Waals surface area contributed by atoms with E-state index in [2.05, 4.69) is 30.1 Å². The van der Waals surface area contributed by atoms with E-state index in [1.807, 2.05) is 24.5 Å². The fraction of sp³-hybridized carbons (Fsp3) is 0.600. The summed E-state index contributed by atoms with van der Waals surface area (Å²) in [5.74, 6) is 0.0380. The predicted molar refractivity (Wildman–Crippen MR) is 174 cm³/mol. The predicted octanol–water partition coefficient (Wildman–Crippen LogP) is 3.41. The molecule has 0 unspecified atom stereocenters. The van der Waals surface area contributed by atoms with Gasteiger partial charge in [0.1, 0.15) is 12.4 Å². The van der Waals surface area contributed by atoms with Crippen LogP contribution in [0.15, 0.2) is 41.5 Å². The molecular formula is C35H46FN7O4. The fourth-order valence-electron chi connectivity index (χ4n) is 8.12. The first-order chi connectivity index (χ1) is 22.6. The zero-order valence-corrected chi connectivity index (χ0v) is 27.3. The van der Waals surface area contributed by atoms with Crippen molar-refractivity contribution in [3.8, 4) is 5.88 Å². The molecule has 3 N–H and O–H groups in total. The third kappa shape index (κ3) is 6.86. The second kappa shape index (κ2) is 13.1. The van der Waals surface area contributed by atoms with E-state index in [0.29, 0.717) is 36.1 Å². The molecule has 1 aliphatic carbocycles. The minimum atomic E-state index is -0.652. The molecule has 4 fully saturated rings. The topological polar surface area (TPSA) is 128 Å². The van der Waals surface area contributed by atoms with E-state index in [9.17, 15) is 19.1 Å². The highest BCUT2D eigenvalue weighted by molar-refractivity contribution is 5.95. The van der Waals surface area contributed by atoms with Crippen LogP contribution in [-0.2, 0) is 4.79 Å². The largest absolute Gasteiger partial charge is 0.476 e. The fourth-order valence-corrected chi connectivity index (χ4v) is 8.12. The van der Waals surface area contributed by atoms with Crippen LogP contribution in [0.2, 0.25) is 0 Å². The zero-order chi connectivity index (χ0) is 32.7. The van der Waals surface area contributed by atoms with Gasteiger partial charge in [-0.2, -0.15) is 4.99 Å². The molecule has 0 radical (unpaired) electrons. The van der Waals surface area contributed by atoms with Crippen LogP contribution in [0.3, 0.4) is 0 Å². The van der Waals surface area contributed by atoms with Gasteiger partial charge in [-0.25, -0.2) is 9.37 Å². The van der Waals surface area contributed by atoms with Crippen molar-refractivity contribution in [3.63, 3.8) is 0 Å². The zero-order valence-electron chi connectivity index (χ0n) is 27.3. The molecule has 3 aliphatic heterocycles. The summed E-state index contributed by atoms with van der Waals surface area (Å²) >= 11 is 0. The second-order valence-electron chi connectivity index (χ2n) is 14.4. The molecule has 2 atom stereocenters. The number of aliphatic hydroxyl groups is 1. The number of rotatable bonds is 8. The number of amides is 2. The summed E-state index contributed by atoms with van der Waals surface area (Å²) in [4.78, 5) is 43.3. The molecule has 2 bridgehead atoms. The molecule has 47 heavy (non-hydrogen) atoms. The number of aromatic amines is 1. The minimum Gasteiger partial charge on any atom is -0.476 e. The third-order valence-corrected chi connectivity index (χ3v) is 10.9. The van der Waals surface area contributed by atoms with Crippen LogP contribution in [-0.4, -0.2) is 98.3 Å². The van der Waals surface area contributed by atoms with Gasteiger partial charge in [0.15, 0.2) is 0 Å². The Bertz CT molecular complexity index is 1680. The number of carbonyl (C=O) groups is 2. The molecule has 2 aromatic heterocycles. The first-order valence-electron chi connectivity index (χ1n) is 17.2. The Morgan fingerprint density at radius 1 is 1.11 bits per heavy atom. The third-order valence-electron chi connectivity index (χ3n) is 10.9. The van der Waals surface area contributed by atoms with Crippen LogP contribution >= 0.6 is 0 Å². The first kappa shape index (κ1) is 32.0. The lowest BCUT2D eigenvalue weighted by atomic mass is 9.83. The number of ether oxygens (including phenoxy) is 1. The smallest absolute Gasteiger partial charge is 0.280 e. The Hall–Kier alpha value is -3.61. The summed E-state index contributed by atoms with van der Waals surface area (Å²) in [6, 6.07) is 8.20. The van der Waals surface area contributed by atoms with Crippen LogP contribution < -0.4 is 15.7 Å². The molecular weight excluding hydrogens is 601 g/mol. The number of fused-ring (bicyclic) bond motifs is 3. The Morgan fingerprint density at radius 2 is 1.89 bits per heavy atom. The number of halogens is 1. The van der Waals surface area contributed by atoms with Crippen LogP contribution in [0.1, 0.15) is 75.2 Å². The average molecular weight is 648 g/mol. The number of benzene rings is 1. The SMILES string of the molecule is CC(C)(O)C1CCN(CCOc2cc3c(cn2)[nH]/c(=N\C(=O)c2cccc(F)c2)n3[C@H]2CC[C@@H](C(=O)N3C[C@@H]4C[C@H]3CN4)CC2)CC1. The van der Waals surface area contributed by atoms with E-state index in [1.165, 1.54) is 18.2 Å². The minimum absolute atomic E-state index is 0.000187. The number of carbonyl (C=O) groups excluding carboxylic acids is 2. The molecule has 2 amide bonds. The summed E-state index contributed by atoms with van der Waals surface area (Å²) in [7, 11) is 0. The molecule has 1 aromatic carbocycles. The molecule has 3 aromatic rings. The highest BCUT2D eigenvalue weighted by Gasteiger charge is 2.42. The highest BCUT2D eigenvalue weighted by Crippen LogP contribution is 2.36. The van der Waals surface area contributed by atoms with Crippen molar-refractivity contribution >= 4 is 22.8 Å². The van der Waals surface area contributed by atoms with Gasteiger partial charge in [-0.1, -0.05) is 6.07 Å². The van der Waals surface area contributed by atoms with Crippen molar-refractivity contribution < 1.29 is 23.8 Å². The summed E-state index contributed by atoms with van der Waals surface area (Å²) in [5, 5.41) is 13.8. The standard InChI is InChI=1S/C35H46FN7O4/c1-35(2,46)24-10-12-41(13-11-24)14-15-47-31-18-30-29(20-38-31)39-34(40-32(44)23-4-3-5-25(36)16-23)43(30)27-8-6-22(7-9-27)33(45)42-21-26-17-28(42)19-37-26/h3-5,16,18,20,22,24,26-28,37,46H,6-15,17,19,21H2,1-2H3,(H,39,40,44)/t22-,26-,27+,28-/m0/s1. The Balaban J connectivity index is 1.09. The van der Waals surface area contributed by atoms with Crippen molar-refractivity contribution in [2.45, 2.75) is 82.5 Å². The first-order valence-corrected chi connectivity index (χ1v) is 17.2. The molecule has 11 nitrogen and oxygen atoms in total. The number of piperazine rings is 1.